The van der Waals surface area contributed by atoms with Crippen LogP contribution < -0.4 is 10.6 Å². The van der Waals surface area contributed by atoms with Crippen LogP contribution in [-0.2, 0) is 15.7 Å². The van der Waals surface area contributed by atoms with E-state index in [1.54, 1.807) is 25.7 Å². The fourth-order valence-electron chi connectivity index (χ4n) is 2.64. The van der Waals surface area contributed by atoms with Gasteiger partial charge < -0.3 is 20.3 Å². The molecule has 0 radical (unpaired) electrons. The lowest BCUT2D eigenvalue weighted by atomic mass is 10.1. The van der Waals surface area contributed by atoms with Crippen LogP contribution in [-0.4, -0.2) is 53.7 Å². The van der Waals surface area contributed by atoms with Crippen LogP contribution in [0.15, 0.2) is 18.7 Å². The normalized spacial score (nSPS) is 15.4. The predicted octanol–water partition coefficient (Wildman–Crippen LogP) is 2.66. The molecule has 2 rings (SSSR count). The average molecular weight is 400 g/mol. The Bertz CT molecular complexity index is 779. The number of nitrogens with zero attached hydrogens (tertiary/aromatic N) is 3. The van der Waals surface area contributed by atoms with E-state index in [-0.39, 0.29) is 43.1 Å². The first-order chi connectivity index (χ1) is 12.8. The number of rotatable bonds is 3. The number of carbonyl (C=O) groups is 2. The number of hydrogen-bond donors (Lipinski definition) is 1. The third-order valence-corrected chi connectivity index (χ3v) is 4.02. The lowest BCUT2D eigenvalue weighted by Crippen LogP contribution is -2.50. The van der Waals surface area contributed by atoms with Gasteiger partial charge in [-0.15, -0.1) is 0 Å². The monoisotopic (exact) mass is 400 g/mol. The summed E-state index contributed by atoms with van der Waals surface area (Å²) in [5.41, 5.74) is 3.50. The number of primary amides is 1. The zero-order valence-corrected chi connectivity index (χ0v) is 16.0. The molecule has 10 heteroatoms. The lowest BCUT2D eigenvalue weighted by molar-refractivity contribution is -0.141. The number of pyridine rings is 1. The molecule has 1 aromatic rings. The van der Waals surface area contributed by atoms with Crippen molar-refractivity contribution in [2.75, 3.05) is 31.1 Å². The molecule has 1 aliphatic heterocycles. The van der Waals surface area contributed by atoms with Crippen molar-refractivity contribution in [3.05, 3.63) is 30.0 Å². The molecule has 2 heterocycles. The summed E-state index contributed by atoms with van der Waals surface area (Å²) in [6, 6.07) is 1.92. The molecule has 1 aromatic heterocycles. The molecule has 7 nitrogen and oxygen atoms in total. The molecule has 1 saturated heterocycles. The highest BCUT2D eigenvalue weighted by atomic mass is 19.4. The standard InChI is InChI=1S/C18H23F3N4O3/c1-11(14(22)26)12-5-6-13(18(19,20)21)23-15(12)24-7-9-25(10-8-24)16(27)28-17(2,3)4/h5-6H,1,7-10H2,2-4H3,(H2,22,26). The second kappa shape index (κ2) is 7.69. The van der Waals surface area contributed by atoms with Crippen LogP contribution >= 0.6 is 0 Å². The van der Waals surface area contributed by atoms with Gasteiger partial charge in [-0.05, 0) is 32.9 Å². The number of nitrogens with two attached hydrogens (primary N) is 1. The summed E-state index contributed by atoms with van der Waals surface area (Å²) in [5.74, 6) is -0.891. The van der Waals surface area contributed by atoms with E-state index in [0.29, 0.717) is 0 Å². The van der Waals surface area contributed by atoms with Crippen LogP contribution in [0.25, 0.3) is 5.57 Å². The Morgan fingerprint density at radius 3 is 2.18 bits per heavy atom. The number of carbonyl (C=O) groups excluding carboxylic acids is 2. The molecule has 0 spiro atoms. The smallest absolute Gasteiger partial charge is 0.433 e. The minimum atomic E-state index is -4.64. The quantitative estimate of drug-likeness (QED) is 0.788. The molecule has 0 unspecified atom stereocenters. The first kappa shape index (κ1) is 21.5. The average Bonchev–Trinajstić information content (AvgIpc) is 2.58. The molecule has 2 N–H and O–H groups in total. The van der Waals surface area contributed by atoms with Gasteiger partial charge in [-0.3, -0.25) is 4.79 Å². The van der Waals surface area contributed by atoms with E-state index >= 15 is 0 Å². The topological polar surface area (TPSA) is 88.8 Å². The Hall–Kier alpha value is -2.78. The van der Waals surface area contributed by atoms with Crippen molar-refractivity contribution in [2.24, 2.45) is 5.73 Å². The number of alkyl halides is 3. The molecule has 0 aromatic carbocycles. The molecule has 1 aliphatic rings. The molecular formula is C18H23F3N4O3. The predicted molar refractivity (Wildman–Crippen MR) is 97.5 cm³/mol. The van der Waals surface area contributed by atoms with Crippen molar-refractivity contribution in [3.63, 3.8) is 0 Å². The van der Waals surface area contributed by atoms with Gasteiger partial charge >= 0.3 is 12.3 Å². The maximum Gasteiger partial charge on any atom is 0.433 e. The van der Waals surface area contributed by atoms with Crippen molar-refractivity contribution in [3.8, 4) is 0 Å². The Balaban J connectivity index is 2.26. The van der Waals surface area contributed by atoms with E-state index in [2.05, 4.69) is 11.6 Å². The van der Waals surface area contributed by atoms with Crippen molar-refractivity contribution < 1.29 is 27.5 Å². The van der Waals surface area contributed by atoms with Gasteiger partial charge in [-0.2, -0.15) is 13.2 Å². The van der Waals surface area contributed by atoms with E-state index in [1.807, 2.05) is 0 Å². The lowest BCUT2D eigenvalue weighted by Gasteiger charge is -2.37. The Kier molecular flexibility index (Phi) is 5.91. The summed E-state index contributed by atoms with van der Waals surface area (Å²) in [7, 11) is 0. The second-order valence-electron chi connectivity index (χ2n) is 7.36. The molecule has 1 fully saturated rings. The maximum atomic E-state index is 13.1. The molecule has 2 amide bonds. The highest BCUT2D eigenvalue weighted by molar-refractivity contribution is 6.19. The molecular weight excluding hydrogens is 377 g/mol. The van der Waals surface area contributed by atoms with E-state index in [9.17, 15) is 22.8 Å². The number of hydrogen-bond acceptors (Lipinski definition) is 5. The van der Waals surface area contributed by atoms with Gasteiger partial charge in [0.25, 0.3) is 0 Å². The van der Waals surface area contributed by atoms with Gasteiger partial charge in [0.2, 0.25) is 5.91 Å². The SMILES string of the molecule is C=C(C(N)=O)c1ccc(C(F)(F)F)nc1N1CCN(C(=O)OC(C)(C)C)CC1. The number of ether oxygens (including phenoxy) is 1. The summed E-state index contributed by atoms with van der Waals surface area (Å²) in [6.07, 6.45) is -5.13. The van der Waals surface area contributed by atoms with Crippen LogP contribution in [0.3, 0.4) is 0 Å². The van der Waals surface area contributed by atoms with Crippen molar-refractivity contribution in [1.82, 2.24) is 9.88 Å². The first-order valence-electron chi connectivity index (χ1n) is 8.60. The molecule has 154 valence electrons. The van der Waals surface area contributed by atoms with Gasteiger partial charge in [0.05, 0.1) is 0 Å². The minimum absolute atomic E-state index is 0.0394. The van der Waals surface area contributed by atoms with Gasteiger partial charge in [-0.25, -0.2) is 9.78 Å². The molecule has 0 saturated carbocycles. The molecule has 28 heavy (non-hydrogen) atoms. The minimum Gasteiger partial charge on any atom is -0.444 e. The van der Waals surface area contributed by atoms with Gasteiger partial charge in [0.1, 0.15) is 17.1 Å². The van der Waals surface area contributed by atoms with E-state index < -0.39 is 29.5 Å². The number of piperazine rings is 1. The summed E-state index contributed by atoms with van der Waals surface area (Å²) in [6.45, 7) is 9.68. The zero-order valence-electron chi connectivity index (χ0n) is 16.0. The second-order valence-corrected chi connectivity index (χ2v) is 7.36. The summed E-state index contributed by atoms with van der Waals surface area (Å²) < 4.78 is 44.6. The van der Waals surface area contributed by atoms with Crippen molar-refractivity contribution in [2.45, 2.75) is 32.5 Å². The fourth-order valence-corrected chi connectivity index (χ4v) is 2.64. The first-order valence-corrected chi connectivity index (χ1v) is 8.60. The Labute approximate surface area is 160 Å². The van der Waals surface area contributed by atoms with Crippen LogP contribution in [0.2, 0.25) is 0 Å². The zero-order chi connectivity index (χ0) is 21.3. The maximum absolute atomic E-state index is 13.1. The van der Waals surface area contributed by atoms with Gasteiger partial charge in [0, 0.05) is 37.3 Å². The third-order valence-electron chi connectivity index (χ3n) is 4.02. The fraction of sp³-hybridized carbons (Fsp3) is 0.500. The van der Waals surface area contributed by atoms with Crippen LogP contribution in [0.1, 0.15) is 32.0 Å². The molecule has 0 bridgehead atoms. The summed E-state index contributed by atoms with van der Waals surface area (Å²) >= 11 is 0. The Morgan fingerprint density at radius 1 is 1.14 bits per heavy atom. The molecule has 0 aliphatic carbocycles. The Morgan fingerprint density at radius 2 is 1.71 bits per heavy atom. The van der Waals surface area contributed by atoms with Gasteiger partial charge in [0.15, 0.2) is 0 Å². The highest BCUT2D eigenvalue weighted by Crippen LogP contribution is 2.33. The molecule has 0 atom stereocenters. The van der Waals surface area contributed by atoms with Crippen LogP contribution in [0.4, 0.5) is 23.8 Å². The van der Waals surface area contributed by atoms with E-state index in [1.165, 1.54) is 4.90 Å². The van der Waals surface area contributed by atoms with Crippen molar-refractivity contribution in [1.29, 1.82) is 0 Å². The van der Waals surface area contributed by atoms with Crippen LogP contribution in [0, 0.1) is 0 Å². The van der Waals surface area contributed by atoms with Crippen molar-refractivity contribution >= 4 is 23.4 Å². The summed E-state index contributed by atoms with van der Waals surface area (Å²) in [5, 5.41) is 0. The van der Waals surface area contributed by atoms with Crippen LogP contribution in [0.5, 0.6) is 0 Å². The number of anilines is 1. The highest BCUT2D eigenvalue weighted by Gasteiger charge is 2.35. The number of aromatic nitrogens is 1. The van der Waals surface area contributed by atoms with E-state index in [0.717, 1.165) is 12.1 Å². The summed E-state index contributed by atoms with van der Waals surface area (Å²) in [4.78, 5) is 30.4. The third kappa shape index (κ3) is 5.14. The van der Waals surface area contributed by atoms with Gasteiger partial charge in [-0.1, -0.05) is 6.58 Å². The number of amides is 2. The number of halogens is 3. The van der Waals surface area contributed by atoms with E-state index in [4.69, 9.17) is 10.5 Å². The largest absolute Gasteiger partial charge is 0.444 e.